The van der Waals surface area contributed by atoms with E-state index < -0.39 is 5.60 Å². The number of benzene rings is 1. The van der Waals surface area contributed by atoms with E-state index >= 15 is 0 Å². The molecule has 0 amide bonds. The Balaban J connectivity index is 2.52. The first-order valence-corrected chi connectivity index (χ1v) is 5.14. The van der Waals surface area contributed by atoms with Crippen molar-refractivity contribution >= 4 is 0 Å². The molecule has 0 radical (unpaired) electrons. The summed E-state index contributed by atoms with van der Waals surface area (Å²) in [5.74, 6) is 0. The van der Waals surface area contributed by atoms with Gasteiger partial charge in [0.25, 0.3) is 0 Å². The molecule has 1 aromatic carbocycles. The van der Waals surface area contributed by atoms with E-state index in [0.29, 0.717) is 16.8 Å². The molecule has 0 bridgehead atoms. The highest BCUT2D eigenvalue weighted by atomic mass is 16.3. The molecule has 2 aromatic rings. The third-order valence-electron chi connectivity index (χ3n) is 2.77. The van der Waals surface area contributed by atoms with Crippen LogP contribution in [-0.4, -0.2) is 20.1 Å². The van der Waals surface area contributed by atoms with Gasteiger partial charge in [-0.15, -0.1) is 5.10 Å². The fraction of sp³-hybridized carbons (Fsp3) is 0.250. The summed E-state index contributed by atoms with van der Waals surface area (Å²) < 4.78 is 1.51. The van der Waals surface area contributed by atoms with Crippen LogP contribution in [0.5, 0.6) is 0 Å². The van der Waals surface area contributed by atoms with E-state index in [9.17, 15) is 5.11 Å². The molecule has 1 heterocycles. The second-order valence-corrected chi connectivity index (χ2v) is 4.01. The van der Waals surface area contributed by atoms with Crippen molar-refractivity contribution in [2.45, 2.75) is 12.5 Å². The zero-order valence-electron chi connectivity index (χ0n) is 9.62. The van der Waals surface area contributed by atoms with Crippen LogP contribution in [0, 0.1) is 11.3 Å². The van der Waals surface area contributed by atoms with Gasteiger partial charge in [-0.1, -0.05) is 17.3 Å². The third kappa shape index (κ3) is 1.90. The van der Waals surface area contributed by atoms with Crippen molar-refractivity contribution in [2.75, 3.05) is 0 Å². The van der Waals surface area contributed by atoms with Crippen LogP contribution in [0.3, 0.4) is 0 Å². The van der Waals surface area contributed by atoms with E-state index in [2.05, 4.69) is 16.4 Å². The maximum Gasteiger partial charge on any atom is 0.130 e. The Morgan fingerprint density at radius 3 is 2.82 bits per heavy atom. The monoisotopic (exact) mass is 228 g/mol. The van der Waals surface area contributed by atoms with Crippen LogP contribution in [0.1, 0.15) is 23.7 Å². The number of aromatic nitrogens is 3. The summed E-state index contributed by atoms with van der Waals surface area (Å²) in [4.78, 5) is 0. The second-order valence-electron chi connectivity index (χ2n) is 4.01. The highest BCUT2D eigenvalue weighted by Gasteiger charge is 2.29. The molecule has 1 N–H and O–H groups in total. The third-order valence-corrected chi connectivity index (χ3v) is 2.77. The standard InChI is InChI=1S/C12H12N4O/c1-12(17,11-8-14-15-16(11)2)10-5-3-4-9(6-10)7-13/h3-6,8,17H,1-2H3. The number of aryl methyl sites for hydroxylation is 1. The molecule has 2 rings (SSSR count). The molecule has 1 aromatic heterocycles. The van der Waals surface area contributed by atoms with Crippen molar-refractivity contribution in [2.24, 2.45) is 7.05 Å². The van der Waals surface area contributed by atoms with Gasteiger partial charge in [0, 0.05) is 7.05 Å². The summed E-state index contributed by atoms with van der Waals surface area (Å²) in [6.45, 7) is 1.65. The predicted molar refractivity (Wildman–Crippen MR) is 60.8 cm³/mol. The quantitative estimate of drug-likeness (QED) is 0.830. The van der Waals surface area contributed by atoms with E-state index in [4.69, 9.17) is 5.26 Å². The average Bonchev–Trinajstić information content (AvgIpc) is 2.76. The molecule has 5 nitrogen and oxygen atoms in total. The lowest BCUT2D eigenvalue weighted by molar-refractivity contribution is 0.0929. The minimum Gasteiger partial charge on any atom is -0.379 e. The van der Waals surface area contributed by atoms with Crippen LogP contribution in [0.25, 0.3) is 0 Å². The number of hydrogen-bond acceptors (Lipinski definition) is 4. The fourth-order valence-electron chi connectivity index (χ4n) is 1.77. The number of nitrogens with zero attached hydrogens (tertiary/aromatic N) is 4. The van der Waals surface area contributed by atoms with Gasteiger partial charge in [-0.05, 0) is 24.6 Å². The Hall–Kier alpha value is -2.19. The van der Waals surface area contributed by atoms with E-state index in [1.54, 1.807) is 38.2 Å². The van der Waals surface area contributed by atoms with Crippen LogP contribution >= 0.6 is 0 Å². The summed E-state index contributed by atoms with van der Waals surface area (Å²) in [5.41, 5.74) is 0.512. The zero-order chi connectivity index (χ0) is 12.5. The number of aliphatic hydroxyl groups is 1. The van der Waals surface area contributed by atoms with Crippen LogP contribution in [0.15, 0.2) is 30.5 Å². The van der Waals surface area contributed by atoms with Gasteiger partial charge in [0.2, 0.25) is 0 Å². The molecule has 17 heavy (non-hydrogen) atoms. The number of nitriles is 1. The summed E-state index contributed by atoms with van der Waals surface area (Å²) in [7, 11) is 1.71. The van der Waals surface area contributed by atoms with Gasteiger partial charge in [-0.2, -0.15) is 5.26 Å². The Kier molecular flexibility index (Phi) is 2.66. The van der Waals surface area contributed by atoms with Crippen LogP contribution in [-0.2, 0) is 12.6 Å². The van der Waals surface area contributed by atoms with Crippen LogP contribution in [0.4, 0.5) is 0 Å². The molecule has 0 aliphatic rings. The number of hydrogen-bond donors (Lipinski definition) is 1. The van der Waals surface area contributed by atoms with E-state index in [0.717, 1.165) is 0 Å². The van der Waals surface area contributed by atoms with Gasteiger partial charge < -0.3 is 5.11 Å². The summed E-state index contributed by atoms with van der Waals surface area (Å²) >= 11 is 0. The van der Waals surface area contributed by atoms with Crippen molar-refractivity contribution < 1.29 is 5.11 Å². The molecule has 0 fully saturated rings. The van der Waals surface area contributed by atoms with Gasteiger partial charge in [-0.25, -0.2) is 4.68 Å². The SMILES string of the molecule is Cn1nncc1C(C)(O)c1cccc(C#N)c1. The summed E-state index contributed by atoms with van der Waals surface area (Å²) in [6, 6.07) is 8.92. The minimum absolute atomic E-state index is 0.512. The van der Waals surface area contributed by atoms with Crippen molar-refractivity contribution in [3.05, 3.63) is 47.3 Å². The van der Waals surface area contributed by atoms with Gasteiger partial charge in [0.15, 0.2) is 0 Å². The van der Waals surface area contributed by atoms with Crippen molar-refractivity contribution in [3.63, 3.8) is 0 Å². The first kappa shape index (κ1) is 11.3. The van der Waals surface area contributed by atoms with Crippen molar-refractivity contribution in [3.8, 4) is 6.07 Å². The summed E-state index contributed by atoms with van der Waals surface area (Å²) in [6.07, 6.45) is 1.51. The molecule has 0 aliphatic carbocycles. The molecular weight excluding hydrogens is 216 g/mol. The molecule has 1 unspecified atom stereocenters. The molecule has 5 heteroatoms. The molecular formula is C12H12N4O. The van der Waals surface area contributed by atoms with Gasteiger partial charge in [0.1, 0.15) is 5.60 Å². The Bertz CT molecular complexity index is 580. The van der Waals surface area contributed by atoms with Crippen molar-refractivity contribution in [1.82, 2.24) is 15.0 Å². The Morgan fingerprint density at radius 1 is 1.47 bits per heavy atom. The van der Waals surface area contributed by atoms with E-state index in [1.807, 2.05) is 0 Å². The lowest BCUT2D eigenvalue weighted by atomic mass is 9.92. The first-order chi connectivity index (χ1) is 8.05. The summed E-state index contributed by atoms with van der Waals surface area (Å²) in [5, 5.41) is 26.9. The molecule has 0 spiro atoms. The van der Waals surface area contributed by atoms with E-state index in [-0.39, 0.29) is 0 Å². The smallest absolute Gasteiger partial charge is 0.130 e. The largest absolute Gasteiger partial charge is 0.379 e. The normalized spacial score (nSPS) is 14.0. The van der Waals surface area contributed by atoms with Gasteiger partial charge in [0.05, 0.1) is 23.5 Å². The highest BCUT2D eigenvalue weighted by Crippen LogP contribution is 2.28. The lowest BCUT2D eigenvalue weighted by Gasteiger charge is -2.23. The Labute approximate surface area is 98.9 Å². The average molecular weight is 228 g/mol. The van der Waals surface area contributed by atoms with Crippen molar-refractivity contribution in [1.29, 1.82) is 5.26 Å². The minimum atomic E-state index is -1.22. The first-order valence-electron chi connectivity index (χ1n) is 5.14. The maximum absolute atomic E-state index is 10.5. The maximum atomic E-state index is 10.5. The fourth-order valence-corrected chi connectivity index (χ4v) is 1.77. The number of rotatable bonds is 2. The molecule has 0 saturated heterocycles. The molecule has 86 valence electrons. The second kappa shape index (κ2) is 4.00. The topological polar surface area (TPSA) is 74.7 Å². The van der Waals surface area contributed by atoms with Gasteiger partial charge >= 0.3 is 0 Å². The highest BCUT2D eigenvalue weighted by molar-refractivity contribution is 5.38. The zero-order valence-corrected chi connectivity index (χ0v) is 9.62. The molecule has 0 aliphatic heterocycles. The Morgan fingerprint density at radius 2 is 2.24 bits per heavy atom. The van der Waals surface area contributed by atoms with Crippen LogP contribution in [0.2, 0.25) is 0 Å². The van der Waals surface area contributed by atoms with Crippen LogP contribution < -0.4 is 0 Å². The van der Waals surface area contributed by atoms with E-state index in [1.165, 1.54) is 10.9 Å². The molecule has 0 saturated carbocycles. The molecule has 1 atom stereocenters. The predicted octanol–water partition coefficient (Wildman–Crippen LogP) is 0.943. The lowest BCUT2D eigenvalue weighted by Crippen LogP contribution is -2.26. The van der Waals surface area contributed by atoms with Gasteiger partial charge in [-0.3, -0.25) is 0 Å².